The zero-order valence-electron chi connectivity index (χ0n) is 13.4. The lowest BCUT2D eigenvalue weighted by molar-refractivity contribution is 0.263. The summed E-state index contributed by atoms with van der Waals surface area (Å²) in [6, 6.07) is 5.63. The summed E-state index contributed by atoms with van der Waals surface area (Å²) in [6.07, 6.45) is 7.00. The number of rotatable bonds is 2. The maximum atomic E-state index is 14.1. The zero-order valence-corrected chi connectivity index (χ0v) is 13.4. The van der Waals surface area contributed by atoms with Gasteiger partial charge < -0.3 is 4.42 Å². The lowest BCUT2D eigenvalue weighted by atomic mass is 9.58. The van der Waals surface area contributed by atoms with E-state index < -0.39 is 11.6 Å². The molecule has 0 unspecified atom stereocenters. The summed E-state index contributed by atoms with van der Waals surface area (Å²) in [5.41, 5.74) is 2.62. The normalized spacial score (nSPS) is 24.3. The lowest BCUT2D eigenvalue weighted by Crippen LogP contribution is -2.40. The average Bonchev–Trinajstić information content (AvgIpc) is 3.18. The summed E-state index contributed by atoms with van der Waals surface area (Å²) in [4.78, 5) is 4.36. The van der Waals surface area contributed by atoms with Crippen LogP contribution in [-0.2, 0) is 5.41 Å². The van der Waals surface area contributed by atoms with Crippen LogP contribution in [0.15, 0.2) is 41.3 Å². The van der Waals surface area contributed by atoms with Gasteiger partial charge in [-0.2, -0.15) is 5.10 Å². The fourth-order valence-electron chi connectivity index (χ4n) is 4.44. The van der Waals surface area contributed by atoms with Crippen molar-refractivity contribution in [3.8, 4) is 11.3 Å². The molecule has 2 heterocycles. The molecule has 0 radical (unpaired) electrons. The second-order valence-corrected chi connectivity index (χ2v) is 6.86. The first-order valence-electron chi connectivity index (χ1n) is 8.40. The number of benzene rings is 1. The zero-order chi connectivity index (χ0) is 17.0. The smallest absolute Gasteiger partial charge is 0.180 e. The molecule has 1 fully saturated rings. The molecule has 0 aliphatic heterocycles. The quantitative estimate of drug-likeness (QED) is 0.696. The second-order valence-electron chi connectivity index (χ2n) is 6.86. The Kier molecular flexibility index (Phi) is 3.04. The van der Waals surface area contributed by atoms with Gasteiger partial charge in [-0.3, -0.25) is 0 Å². The summed E-state index contributed by atoms with van der Waals surface area (Å²) >= 11 is 0. The molecule has 0 spiro atoms. The topological polar surface area (TPSA) is 51.8 Å². The molecule has 0 saturated heterocycles. The third-order valence-electron chi connectivity index (χ3n) is 5.70. The number of hydrogen-bond acceptors (Lipinski definition) is 4. The van der Waals surface area contributed by atoms with Crippen molar-refractivity contribution in [2.45, 2.75) is 37.0 Å². The van der Waals surface area contributed by atoms with Crippen LogP contribution < -0.4 is 0 Å². The number of oxazole rings is 1. The molecule has 1 aromatic carbocycles. The summed E-state index contributed by atoms with van der Waals surface area (Å²) in [7, 11) is 0. The molecule has 126 valence electrons. The third kappa shape index (κ3) is 2.00. The first-order chi connectivity index (χ1) is 12.2. The van der Waals surface area contributed by atoms with E-state index in [1.54, 1.807) is 6.26 Å². The van der Waals surface area contributed by atoms with Crippen molar-refractivity contribution in [1.29, 1.82) is 0 Å². The van der Waals surface area contributed by atoms with Crippen LogP contribution in [0.5, 0.6) is 0 Å². The highest BCUT2D eigenvalue weighted by atomic mass is 19.1. The van der Waals surface area contributed by atoms with Gasteiger partial charge in [-0.05, 0) is 55.4 Å². The molecule has 3 aromatic rings. The van der Waals surface area contributed by atoms with Gasteiger partial charge in [0.1, 0.15) is 17.9 Å². The Labute approximate surface area is 142 Å². The average molecular weight is 339 g/mol. The van der Waals surface area contributed by atoms with Crippen LogP contribution in [0.3, 0.4) is 0 Å². The molecular formula is C19H15F2N3O. The predicted molar refractivity (Wildman–Crippen MR) is 85.9 cm³/mol. The molecule has 6 rings (SSSR count). The van der Waals surface area contributed by atoms with E-state index in [2.05, 4.69) is 15.2 Å². The van der Waals surface area contributed by atoms with E-state index in [0.29, 0.717) is 5.92 Å². The van der Waals surface area contributed by atoms with E-state index in [-0.39, 0.29) is 16.7 Å². The van der Waals surface area contributed by atoms with Gasteiger partial charge in [0.25, 0.3) is 0 Å². The molecule has 2 bridgehead atoms. The van der Waals surface area contributed by atoms with Gasteiger partial charge in [0.05, 0.1) is 28.1 Å². The van der Waals surface area contributed by atoms with Crippen LogP contribution in [-0.4, -0.2) is 15.2 Å². The minimum absolute atomic E-state index is 0.116. The standard InChI is InChI=1S/C19H15F2N3O/c20-13-2-1-3-14(21)17(13)15-8-12-11-4-6-19(7-5-11,18(12)24-23-15)16-9-25-10-22-16/h1-3,8-11H,4-7H2/t11-,19+. The number of nitrogens with zero attached hydrogens (tertiary/aromatic N) is 3. The van der Waals surface area contributed by atoms with Crippen molar-refractivity contribution in [3.63, 3.8) is 0 Å². The van der Waals surface area contributed by atoms with Crippen molar-refractivity contribution >= 4 is 0 Å². The Hall–Kier alpha value is -2.63. The molecule has 0 N–H and O–H groups in total. The van der Waals surface area contributed by atoms with Crippen molar-refractivity contribution < 1.29 is 13.2 Å². The SMILES string of the molecule is Fc1cccc(F)c1-c1cc2c(nn1)[C@]1(c3cocn3)CC[C@H]2CC1. The Morgan fingerprint density at radius 1 is 1.08 bits per heavy atom. The minimum atomic E-state index is -0.624. The van der Waals surface area contributed by atoms with Gasteiger partial charge in [0.2, 0.25) is 0 Å². The predicted octanol–water partition coefficient (Wildman–Crippen LogP) is 4.37. The van der Waals surface area contributed by atoms with Crippen LogP contribution in [0, 0.1) is 11.6 Å². The molecule has 0 atom stereocenters. The molecule has 2 aromatic heterocycles. The van der Waals surface area contributed by atoms with Gasteiger partial charge >= 0.3 is 0 Å². The fraction of sp³-hybridized carbons (Fsp3) is 0.316. The summed E-state index contributed by atoms with van der Waals surface area (Å²) in [6.45, 7) is 0. The second kappa shape index (κ2) is 5.18. The first-order valence-corrected chi connectivity index (χ1v) is 8.40. The number of aromatic nitrogens is 3. The summed E-state index contributed by atoms with van der Waals surface area (Å²) < 4.78 is 33.4. The van der Waals surface area contributed by atoms with Crippen LogP contribution in [0.2, 0.25) is 0 Å². The summed E-state index contributed by atoms with van der Waals surface area (Å²) in [5.74, 6) is -0.893. The molecule has 3 aliphatic carbocycles. The Balaban J connectivity index is 1.70. The molecular weight excluding hydrogens is 324 g/mol. The fourth-order valence-corrected chi connectivity index (χ4v) is 4.44. The third-order valence-corrected chi connectivity index (χ3v) is 5.70. The van der Waals surface area contributed by atoms with E-state index in [4.69, 9.17) is 4.42 Å². The maximum Gasteiger partial charge on any atom is 0.180 e. The van der Waals surface area contributed by atoms with Crippen LogP contribution in [0.25, 0.3) is 11.3 Å². The van der Waals surface area contributed by atoms with Gasteiger partial charge in [-0.25, -0.2) is 13.8 Å². The molecule has 3 aliphatic rings. The van der Waals surface area contributed by atoms with Crippen LogP contribution in [0.4, 0.5) is 8.78 Å². The minimum Gasteiger partial charge on any atom is -0.451 e. The van der Waals surface area contributed by atoms with Gasteiger partial charge in [0.15, 0.2) is 6.39 Å². The van der Waals surface area contributed by atoms with Crippen molar-refractivity contribution in [3.05, 3.63) is 65.5 Å². The molecule has 6 heteroatoms. The monoisotopic (exact) mass is 339 g/mol. The van der Waals surface area contributed by atoms with Gasteiger partial charge in [-0.15, -0.1) is 5.10 Å². The lowest BCUT2D eigenvalue weighted by Gasteiger charge is -2.45. The van der Waals surface area contributed by atoms with E-state index in [0.717, 1.165) is 42.6 Å². The highest BCUT2D eigenvalue weighted by molar-refractivity contribution is 5.62. The highest BCUT2D eigenvalue weighted by Crippen LogP contribution is 2.55. The van der Waals surface area contributed by atoms with Crippen molar-refractivity contribution in [2.75, 3.05) is 0 Å². The maximum absolute atomic E-state index is 14.1. The number of hydrogen-bond donors (Lipinski definition) is 0. The van der Waals surface area contributed by atoms with E-state index in [9.17, 15) is 8.78 Å². The molecule has 0 amide bonds. The van der Waals surface area contributed by atoms with E-state index in [1.807, 2.05) is 6.07 Å². The molecule has 25 heavy (non-hydrogen) atoms. The Morgan fingerprint density at radius 2 is 1.84 bits per heavy atom. The number of fused-ring (bicyclic) bond motifs is 2. The number of halogens is 2. The summed E-state index contributed by atoms with van der Waals surface area (Å²) in [5, 5.41) is 8.59. The van der Waals surface area contributed by atoms with Crippen molar-refractivity contribution in [1.82, 2.24) is 15.2 Å². The molecule has 4 nitrogen and oxygen atoms in total. The van der Waals surface area contributed by atoms with Gasteiger partial charge in [-0.1, -0.05) is 6.07 Å². The molecule has 1 saturated carbocycles. The van der Waals surface area contributed by atoms with Crippen LogP contribution in [0.1, 0.15) is 48.6 Å². The van der Waals surface area contributed by atoms with Gasteiger partial charge in [0, 0.05) is 0 Å². The Bertz CT molecular complexity index is 927. The first kappa shape index (κ1) is 14.7. The van der Waals surface area contributed by atoms with Crippen molar-refractivity contribution in [2.24, 2.45) is 0 Å². The van der Waals surface area contributed by atoms with E-state index >= 15 is 0 Å². The van der Waals surface area contributed by atoms with E-state index in [1.165, 1.54) is 24.6 Å². The largest absolute Gasteiger partial charge is 0.451 e. The Morgan fingerprint density at radius 3 is 2.52 bits per heavy atom. The highest BCUT2D eigenvalue weighted by Gasteiger charge is 2.49. The van der Waals surface area contributed by atoms with Crippen LogP contribution >= 0.6 is 0 Å².